The summed E-state index contributed by atoms with van der Waals surface area (Å²) >= 11 is 0. The van der Waals surface area contributed by atoms with Crippen molar-refractivity contribution >= 4 is 41.8 Å². The van der Waals surface area contributed by atoms with Crippen LogP contribution in [0.15, 0.2) is 0 Å². The predicted molar refractivity (Wildman–Crippen MR) is 159 cm³/mol. The lowest BCUT2D eigenvalue weighted by Crippen LogP contribution is -2.50. The number of carbonyl (C=O) groups is 7. The molecule has 43 heavy (non-hydrogen) atoms. The predicted octanol–water partition coefficient (Wildman–Crippen LogP) is -1.03. The first-order valence-electron chi connectivity index (χ1n) is 15.1. The lowest BCUT2D eigenvalue weighted by atomic mass is 10.1. The maximum atomic E-state index is 12.1. The fourth-order valence-electron chi connectivity index (χ4n) is 3.96. The number of nitrogens with two attached hydrogens (primary N) is 2. The summed E-state index contributed by atoms with van der Waals surface area (Å²) in [5, 5.41) is 22.2. The summed E-state index contributed by atoms with van der Waals surface area (Å²) in [6.07, 6.45) is 10.1. The monoisotopic (exact) mass is 613 g/mol. The van der Waals surface area contributed by atoms with Crippen LogP contribution in [0.1, 0.15) is 89.9 Å². The molecule has 0 aromatic carbocycles. The van der Waals surface area contributed by atoms with Gasteiger partial charge >= 0.3 is 5.97 Å². The fraction of sp³-hybridized carbons (Fsp3) is 0.750. The Kier molecular flexibility index (Phi) is 23.9. The Labute approximate surface area is 253 Å². The van der Waals surface area contributed by atoms with E-state index in [9.17, 15) is 38.7 Å². The average Bonchev–Trinajstić information content (AvgIpc) is 2.95. The van der Waals surface area contributed by atoms with Crippen LogP contribution in [-0.2, 0) is 33.6 Å². The van der Waals surface area contributed by atoms with Gasteiger partial charge in [-0.25, -0.2) is 4.79 Å². The van der Waals surface area contributed by atoms with Crippen LogP contribution in [0.4, 0.5) is 0 Å². The SMILES string of the molecule is NC(=O)CCCCCCCCCCC(=O)NCCNCC(N)C(=O)NCC(=O)NCC[C@@H](NC(=O)CCCC=O)C(=O)O. The van der Waals surface area contributed by atoms with Crippen LogP contribution in [0.25, 0.3) is 0 Å². The van der Waals surface area contributed by atoms with Crippen LogP contribution in [0.5, 0.6) is 0 Å². The second-order valence-electron chi connectivity index (χ2n) is 10.3. The summed E-state index contributed by atoms with van der Waals surface area (Å²) < 4.78 is 0. The molecule has 0 aliphatic heterocycles. The molecule has 1 unspecified atom stereocenters. The lowest BCUT2D eigenvalue weighted by Gasteiger charge is -2.15. The topological polar surface area (TPSA) is 252 Å². The molecule has 0 radical (unpaired) electrons. The third-order valence-electron chi connectivity index (χ3n) is 6.44. The van der Waals surface area contributed by atoms with E-state index < -0.39 is 35.8 Å². The number of aldehydes is 1. The number of carbonyl (C=O) groups excluding carboxylic acids is 6. The highest BCUT2D eigenvalue weighted by Crippen LogP contribution is 2.10. The van der Waals surface area contributed by atoms with Crippen LogP contribution >= 0.6 is 0 Å². The first kappa shape index (κ1) is 39.4. The summed E-state index contributed by atoms with van der Waals surface area (Å²) in [6.45, 7) is 0.549. The fourth-order valence-corrected chi connectivity index (χ4v) is 3.96. The molecule has 5 amide bonds. The van der Waals surface area contributed by atoms with Crippen LogP contribution in [0.2, 0.25) is 0 Å². The molecule has 0 aliphatic carbocycles. The van der Waals surface area contributed by atoms with Gasteiger partial charge in [-0.15, -0.1) is 0 Å². The number of nitrogens with one attached hydrogen (secondary N) is 5. The van der Waals surface area contributed by atoms with Gasteiger partial charge in [-0.1, -0.05) is 38.5 Å². The van der Waals surface area contributed by atoms with Gasteiger partial charge in [-0.2, -0.15) is 0 Å². The van der Waals surface area contributed by atoms with Crippen LogP contribution < -0.4 is 38.1 Å². The first-order valence-corrected chi connectivity index (χ1v) is 15.1. The number of carboxylic acid groups (broad SMARTS) is 1. The highest BCUT2D eigenvalue weighted by molar-refractivity contribution is 5.87. The largest absolute Gasteiger partial charge is 0.480 e. The molecule has 0 bridgehead atoms. The molecule has 246 valence electrons. The third kappa shape index (κ3) is 24.7. The maximum Gasteiger partial charge on any atom is 0.326 e. The van der Waals surface area contributed by atoms with Crippen molar-refractivity contribution in [3.8, 4) is 0 Å². The van der Waals surface area contributed by atoms with Crippen molar-refractivity contribution < 1.29 is 38.7 Å². The first-order chi connectivity index (χ1) is 20.6. The molecule has 0 heterocycles. The Morgan fingerprint density at radius 1 is 0.698 bits per heavy atom. The molecule has 0 saturated heterocycles. The van der Waals surface area contributed by atoms with Gasteiger partial charge in [-0.3, -0.25) is 24.0 Å². The summed E-state index contributed by atoms with van der Waals surface area (Å²) in [5.74, 6) is -3.13. The normalized spacial score (nSPS) is 12.0. The van der Waals surface area contributed by atoms with Crippen molar-refractivity contribution in [3.63, 3.8) is 0 Å². The summed E-state index contributed by atoms with van der Waals surface area (Å²) in [4.78, 5) is 80.1. The molecular weight excluding hydrogens is 562 g/mol. The van der Waals surface area contributed by atoms with Crippen LogP contribution in [0.3, 0.4) is 0 Å². The van der Waals surface area contributed by atoms with Crippen molar-refractivity contribution in [3.05, 3.63) is 0 Å². The Hall–Kier alpha value is -3.59. The van der Waals surface area contributed by atoms with E-state index in [1.807, 2.05) is 0 Å². The van der Waals surface area contributed by atoms with E-state index in [1.54, 1.807) is 0 Å². The minimum absolute atomic E-state index is 0.0233. The van der Waals surface area contributed by atoms with Crippen molar-refractivity contribution in [1.29, 1.82) is 0 Å². The van der Waals surface area contributed by atoms with Gasteiger partial charge in [0.2, 0.25) is 29.5 Å². The Bertz CT molecular complexity index is 872. The molecule has 15 heteroatoms. The number of rotatable bonds is 28. The summed E-state index contributed by atoms with van der Waals surface area (Å²) in [7, 11) is 0. The number of amides is 5. The Balaban J connectivity index is 3.84. The van der Waals surface area contributed by atoms with E-state index in [2.05, 4.69) is 26.6 Å². The zero-order valence-electron chi connectivity index (χ0n) is 25.1. The molecule has 0 rings (SSSR count). The number of hydrogen-bond acceptors (Lipinski definition) is 9. The summed E-state index contributed by atoms with van der Waals surface area (Å²) in [5.41, 5.74) is 10.9. The zero-order chi connectivity index (χ0) is 32.3. The lowest BCUT2D eigenvalue weighted by molar-refractivity contribution is -0.142. The smallest absolute Gasteiger partial charge is 0.326 e. The van der Waals surface area contributed by atoms with Crippen LogP contribution in [-0.4, -0.2) is 91.7 Å². The van der Waals surface area contributed by atoms with Crippen molar-refractivity contribution in [2.45, 2.75) is 102 Å². The molecule has 0 aromatic heterocycles. The van der Waals surface area contributed by atoms with E-state index in [0.717, 1.165) is 51.4 Å². The maximum absolute atomic E-state index is 12.1. The molecular formula is C28H51N7O8. The third-order valence-corrected chi connectivity index (χ3v) is 6.44. The Morgan fingerprint density at radius 2 is 1.28 bits per heavy atom. The molecule has 0 aliphatic rings. The molecule has 2 atom stereocenters. The number of primary amides is 1. The summed E-state index contributed by atoms with van der Waals surface area (Å²) in [6, 6.07) is -2.12. The second kappa shape index (κ2) is 26.1. The molecule has 0 spiro atoms. The molecule has 10 N–H and O–H groups in total. The van der Waals surface area contributed by atoms with E-state index in [0.29, 0.717) is 38.6 Å². The van der Waals surface area contributed by atoms with Gasteiger partial charge in [0.1, 0.15) is 12.3 Å². The van der Waals surface area contributed by atoms with Gasteiger partial charge < -0.3 is 48.0 Å². The molecule has 0 saturated carbocycles. The average molecular weight is 614 g/mol. The van der Waals surface area contributed by atoms with Gasteiger partial charge in [0.05, 0.1) is 12.6 Å². The zero-order valence-corrected chi connectivity index (χ0v) is 25.1. The molecule has 0 fully saturated rings. The second-order valence-corrected chi connectivity index (χ2v) is 10.3. The molecule has 15 nitrogen and oxygen atoms in total. The van der Waals surface area contributed by atoms with E-state index in [-0.39, 0.29) is 50.7 Å². The van der Waals surface area contributed by atoms with E-state index in [4.69, 9.17) is 11.5 Å². The number of aliphatic carboxylic acids is 1. The van der Waals surface area contributed by atoms with Crippen molar-refractivity contribution in [2.75, 3.05) is 32.7 Å². The Morgan fingerprint density at radius 3 is 1.88 bits per heavy atom. The van der Waals surface area contributed by atoms with E-state index >= 15 is 0 Å². The number of carboxylic acids is 1. The highest BCUT2D eigenvalue weighted by Gasteiger charge is 2.20. The minimum Gasteiger partial charge on any atom is -0.480 e. The van der Waals surface area contributed by atoms with Gasteiger partial charge in [-0.05, 0) is 25.7 Å². The van der Waals surface area contributed by atoms with Gasteiger partial charge in [0.25, 0.3) is 0 Å². The van der Waals surface area contributed by atoms with Crippen LogP contribution in [0, 0.1) is 0 Å². The molecule has 0 aromatic rings. The van der Waals surface area contributed by atoms with E-state index in [1.165, 1.54) is 0 Å². The number of unbranched alkanes of at least 4 members (excludes halogenated alkanes) is 8. The number of hydrogen-bond donors (Lipinski definition) is 8. The quantitative estimate of drug-likeness (QED) is 0.0393. The minimum atomic E-state index is -1.25. The highest BCUT2D eigenvalue weighted by atomic mass is 16.4. The van der Waals surface area contributed by atoms with Gasteiger partial charge in [0.15, 0.2) is 0 Å². The van der Waals surface area contributed by atoms with Crippen molar-refractivity contribution in [2.24, 2.45) is 11.5 Å². The standard InChI is InChI=1S/C28H51N7O8/c29-21(19-31-16-17-33-24(38)12-8-6-4-2-1-3-5-7-11-23(30)37)27(41)34-20-26(40)32-15-14-22(28(42)43)35-25(39)13-9-10-18-36/h18,21-22,31H,1-17,19-20,29H2,(H2,30,37)(H,32,40)(H,33,38)(H,34,41)(H,35,39)(H,42,43)/t21?,22-/m1/s1. The van der Waals surface area contributed by atoms with Crippen molar-refractivity contribution in [1.82, 2.24) is 26.6 Å². The van der Waals surface area contributed by atoms with Gasteiger partial charge in [0, 0.05) is 51.9 Å².